The molecule has 1 heterocycles. The summed E-state index contributed by atoms with van der Waals surface area (Å²) >= 11 is 3.31. The molecule has 0 aliphatic carbocycles. The topological polar surface area (TPSA) is 49.4 Å². The highest BCUT2D eigenvalue weighted by Gasteiger charge is 2.14. The molecule has 0 atom stereocenters. The van der Waals surface area contributed by atoms with Gasteiger partial charge < -0.3 is 0 Å². The van der Waals surface area contributed by atoms with Gasteiger partial charge in [0, 0.05) is 16.7 Å². The van der Waals surface area contributed by atoms with Crippen molar-refractivity contribution in [2.45, 2.75) is 30.7 Å². The number of halogens is 1. The molecule has 4 nitrogen and oxygen atoms in total. The molecule has 0 aromatic heterocycles. The predicted octanol–water partition coefficient (Wildman–Crippen LogP) is 4.24. The molecular weight excluding hydrogens is 388 g/mol. The van der Waals surface area contributed by atoms with Crippen molar-refractivity contribution in [1.29, 1.82) is 0 Å². The summed E-state index contributed by atoms with van der Waals surface area (Å²) in [6, 6.07) is 14.2. The molecule has 0 unspecified atom stereocenters. The van der Waals surface area contributed by atoms with Crippen LogP contribution >= 0.6 is 15.9 Å². The largest absolute Gasteiger partial charge is 0.299 e. The lowest BCUT2D eigenvalue weighted by molar-refractivity contribution is 0.221. The molecule has 6 heteroatoms. The molecule has 0 amide bonds. The normalized spacial score (nSPS) is 16.0. The Labute approximate surface area is 152 Å². The van der Waals surface area contributed by atoms with E-state index in [2.05, 4.69) is 25.6 Å². The third kappa shape index (κ3) is 4.59. The summed E-state index contributed by atoms with van der Waals surface area (Å²) in [4.78, 5) is 2.70. The number of rotatable bonds is 5. The van der Waals surface area contributed by atoms with Crippen molar-refractivity contribution in [3.05, 3.63) is 58.6 Å². The van der Waals surface area contributed by atoms with Crippen LogP contribution in [-0.4, -0.2) is 26.4 Å². The standard InChI is InChI=1S/C18H21BrN2O2S/c19-16-6-10-18(11-7-16)24(22,23)20-17-8-4-15(5-9-17)14-21-12-2-1-3-13-21/h4-11,20H,1-3,12-14H2. The summed E-state index contributed by atoms with van der Waals surface area (Å²) in [5.74, 6) is 0. The minimum Gasteiger partial charge on any atom is -0.299 e. The Morgan fingerprint density at radius 1 is 0.917 bits per heavy atom. The number of nitrogens with zero attached hydrogens (tertiary/aromatic N) is 1. The molecule has 1 saturated heterocycles. The van der Waals surface area contributed by atoms with Crippen LogP contribution in [0.4, 0.5) is 5.69 Å². The molecule has 1 N–H and O–H groups in total. The van der Waals surface area contributed by atoms with Crippen molar-refractivity contribution in [2.24, 2.45) is 0 Å². The second kappa shape index (κ2) is 7.68. The predicted molar refractivity (Wildman–Crippen MR) is 101 cm³/mol. The zero-order chi connectivity index (χ0) is 17.0. The van der Waals surface area contributed by atoms with E-state index in [0.717, 1.165) is 24.1 Å². The first kappa shape index (κ1) is 17.5. The highest BCUT2D eigenvalue weighted by Crippen LogP contribution is 2.20. The quantitative estimate of drug-likeness (QED) is 0.804. The maximum atomic E-state index is 12.4. The van der Waals surface area contributed by atoms with Gasteiger partial charge in [0.05, 0.1) is 4.90 Å². The van der Waals surface area contributed by atoms with Crippen molar-refractivity contribution in [2.75, 3.05) is 17.8 Å². The molecule has 1 aliphatic rings. The Morgan fingerprint density at radius 3 is 2.17 bits per heavy atom. The van der Waals surface area contributed by atoms with E-state index < -0.39 is 10.0 Å². The number of likely N-dealkylation sites (tertiary alicyclic amines) is 1. The molecular formula is C18H21BrN2O2S. The smallest absolute Gasteiger partial charge is 0.261 e. The molecule has 2 aromatic carbocycles. The number of benzene rings is 2. The molecule has 0 saturated carbocycles. The molecule has 128 valence electrons. The van der Waals surface area contributed by atoms with Crippen molar-refractivity contribution < 1.29 is 8.42 Å². The van der Waals surface area contributed by atoms with Crippen molar-refractivity contribution in [3.8, 4) is 0 Å². The molecule has 24 heavy (non-hydrogen) atoms. The van der Waals surface area contributed by atoms with Crippen LogP contribution in [0.15, 0.2) is 57.9 Å². The Morgan fingerprint density at radius 2 is 1.54 bits per heavy atom. The van der Waals surface area contributed by atoms with Gasteiger partial charge in [0.15, 0.2) is 0 Å². The van der Waals surface area contributed by atoms with Crippen LogP contribution in [0.25, 0.3) is 0 Å². The summed E-state index contributed by atoms with van der Waals surface area (Å²) in [6.45, 7) is 3.23. The van der Waals surface area contributed by atoms with E-state index in [9.17, 15) is 8.42 Å². The number of sulfonamides is 1. The zero-order valence-corrected chi connectivity index (χ0v) is 15.8. The Bertz CT molecular complexity index is 768. The first-order valence-corrected chi connectivity index (χ1v) is 10.4. The third-order valence-electron chi connectivity index (χ3n) is 4.18. The van der Waals surface area contributed by atoms with E-state index in [1.165, 1.54) is 24.8 Å². The van der Waals surface area contributed by atoms with Crippen LogP contribution in [0.2, 0.25) is 0 Å². The second-order valence-electron chi connectivity index (χ2n) is 6.09. The summed E-state index contributed by atoms with van der Waals surface area (Å²) in [7, 11) is -3.55. The van der Waals surface area contributed by atoms with Gasteiger partial charge in [-0.15, -0.1) is 0 Å². The number of hydrogen-bond acceptors (Lipinski definition) is 3. The number of hydrogen-bond donors (Lipinski definition) is 1. The van der Waals surface area contributed by atoms with Crippen LogP contribution in [0.3, 0.4) is 0 Å². The first-order chi connectivity index (χ1) is 11.5. The molecule has 3 rings (SSSR count). The average molecular weight is 409 g/mol. The lowest BCUT2D eigenvalue weighted by atomic mass is 10.1. The van der Waals surface area contributed by atoms with Gasteiger partial charge in [-0.3, -0.25) is 9.62 Å². The maximum Gasteiger partial charge on any atom is 0.261 e. The van der Waals surface area contributed by atoms with Gasteiger partial charge >= 0.3 is 0 Å². The van der Waals surface area contributed by atoms with E-state index in [-0.39, 0.29) is 4.90 Å². The van der Waals surface area contributed by atoms with Crippen molar-refractivity contribution in [1.82, 2.24) is 4.90 Å². The molecule has 0 radical (unpaired) electrons. The summed E-state index contributed by atoms with van der Waals surface area (Å²) in [6.07, 6.45) is 3.86. The van der Waals surface area contributed by atoms with Gasteiger partial charge in [0.25, 0.3) is 10.0 Å². The Balaban J connectivity index is 1.66. The second-order valence-corrected chi connectivity index (χ2v) is 8.69. The zero-order valence-electron chi connectivity index (χ0n) is 13.4. The molecule has 2 aromatic rings. The monoisotopic (exact) mass is 408 g/mol. The Kier molecular flexibility index (Phi) is 5.58. The number of piperidine rings is 1. The van der Waals surface area contributed by atoms with Gasteiger partial charge in [0.1, 0.15) is 0 Å². The van der Waals surface area contributed by atoms with Crippen molar-refractivity contribution >= 4 is 31.6 Å². The average Bonchev–Trinajstić information content (AvgIpc) is 2.58. The molecule has 1 fully saturated rings. The molecule has 0 spiro atoms. The Hall–Kier alpha value is -1.37. The molecule has 0 bridgehead atoms. The fourth-order valence-electron chi connectivity index (χ4n) is 2.88. The van der Waals surface area contributed by atoms with Crippen LogP contribution < -0.4 is 4.72 Å². The van der Waals surface area contributed by atoms with Gasteiger partial charge in [-0.25, -0.2) is 8.42 Å². The summed E-state index contributed by atoms with van der Waals surface area (Å²) in [5, 5.41) is 0. The van der Waals surface area contributed by atoms with Crippen molar-refractivity contribution in [3.63, 3.8) is 0 Å². The molecule has 1 aliphatic heterocycles. The lowest BCUT2D eigenvalue weighted by Gasteiger charge is -2.26. The van der Waals surface area contributed by atoms with E-state index in [1.807, 2.05) is 24.3 Å². The highest BCUT2D eigenvalue weighted by atomic mass is 79.9. The van der Waals surface area contributed by atoms with E-state index >= 15 is 0 Å². The fraction of sp³-hybridized carbons (Fsp3) is 0.333. The van der Waals surface area contributed by atoms with Crippen LogP contribution in [0, 0.1) is 0 Å². The van der Waals surface area contributed by atoms with Gasteiger partial charge in [0.2, 0.25) is 0 Å². The first-order valence-electron chi connectivity index (χ1n) is 8.13. The number of nitrogens with one attached hydrogen (secondary N) is 1. The minimum atomic E-state index is -3.55. The SMILES string of the molecule is O=S(=O)(Nc1ccc(CN2CCCCC2)cc1)c1ccc(Br)cc1. The van der Waals surface area contributed by atoms with Gasteiger partial charge in [-0.2, -0.15) is 0 Å². The maximum absolute atomic E-state index is 12.4. The highest BCUT2D eigenvalue weighted by molar-refractivity contribution is 9.10. The van der Waals surface area contributed by atoms with E-state index in [1.54, 1.807) is 24.3 Å². The summed E-state index contributed by atoms with van der Waals surface area (Å²) < 4.78 is 28.2. The van der Waals surface area contributed by atoms with Crippen LogP contribution in [0.1, 0.15) is 24.8 Å². The van der Waals surface area contributed by atoms with E-state index in [0.29, 0.717) is 5.69 Å². The number of anilines is 1. The van der Waals surface area contributed by atoms with E-state index in [4.69, 9.17) is 0 Å². The summed E-state index contributed by atoms with van der Waals surface area (Å²) in [5.41, 5.74) is 1.80. The lowest BCUT2D eigenvalue weighted by Crippen LogP contribution is -2.29. The fourth-order valence-corrected chi connectivity index (χ4v) is 4.20. The van der Waals surface area contributed by atoms with Gasteiger partial charge in [-0.05, 0) is 67.9 Å². The van der Waals surface area contributed by atoms with Gasteiger partial charge in [-0.1, -0.05) is 34.5 Å². The van der Waals surface area contributed by atoms with Crippen LogP contribution in [-0.2, 0) is 16.6 Å². The minimum absolute atomic E-state index is 0.253. The third-order valence-corrected chi connectivity index (χ3v) is 6.11. The van der Waals surface area contributed by atoms with Crippen LogP contribution in [0.5, 0.6) is 0 Å².